The maximum Gasteiger partial charge on any atom is 0.119 e. The molecule has 0 heterocycles. The van der Waals surface area contributed by atoms with Crippen molar-refractivity contribution in [3.05, 3.63) is 41.0 Å². The zero-order valence-electron chi connectivity index (χ0n) is 14.4. The molecule has 0 aromatic heterocycles. The normalized spacial score (nSPS) is 28.7. The maximum atomic E-state index is 11.8. The van der Waals surface area contributed by atoms with Gasteiger partial charge in [-0.1, -0.05) is 26.0 Å². The summed E-state index contributed by atoms with van der Waals surface area (Å²) in [5.41, 5.74) is 2.50. The molecule has 0 aliphatic heterocycles. The third-order valence-corrected chi connectivity index (χ3v) is 5.47. The molecule has 2 heteroatoms. The highest BCUT2D eigenvalue weighted by atomic mass is 16.5. The van der Waals surface area contributed by atoms with Crippen LogP contribution >= 0.6 is 0 Å². The Kier molecular flexibility index (Phi) is 4.02. The molecule has 2 aliphatic carbocycles. The number of hydrogen-bond acceptors (Lipinski definition) is 2. The summed E-state index contributed by atoms with van der Waals surface area (Å²) in [4.78, 5) is 0. The SMILES string of the molecule is C#CC[C@@H]1Cc2ccc(OC)cc2[C@@]1(O)C1=CC(C)(C)CCC1. The van der Waals surface area contributed by atoms with Crippen LogP contribution in [0, 0.1) is 23.7 Å². The van der Waals surface area contributed by atoms with Crippen LogP contribution in [0.3, 0.4) is 0 Å². The van der Waals surface area contributed by atoms with Crippen LogP contribution in [0.4, 0.5) is 0 Å². The van der Waals surface area contributed by atoms with Gasteiger partial charge in [-0.15, -0.1) is 12.3 Å². The summed E-state index contributed by atoms with van der Waals surface area (Å²) in [6, 6.07) is 6.04. The second kappa shape index (κ2) is 5.73. The lowest BCUT2D eigenvalue weighted by atomic mass is 9.70. The molecule has 0 saturated heterocycles. The van der Waals surface area contributed by atoms with Gasteiger partial charge in [0.25, 0.3) is 0 Å². The quantitative estimate of drug-likeness (QED) is 0.669. The van der Waals surface area contributed by atoms with Crippen molar-refractivity contribution < 1.29 is 9.84 Å². The Labute approximate surface area is 139 Å². The number of methoxy groups -OCH3 is 1. The van der Waals surface area contributed by atoms with Gasteiger partial charge in [-0.2, -0.15) is 0 Å². The van der Waals surface area contributed by atoms with Gasteiger partial charge < -0.3 is 9.84 Å². The van der Waals surface area contributed by atoms with Crippen molar-refractivity contribution >= 4 is 0 Å². The Morgan fingerprint density at radius 3 is 2.83 bits per heavy atom. The average Bonchev–Trinajstić information content (AvgIpc) is 2.80. The molecule has 0 spiro atoms. The molecule has 0 fully saturated rings. The van der Waals surface area contributed by atoms with Gasteiger partial charge in [-0.3, -0.25) is 0 Å². The van der Waals surface area contributed by atoms with Crippen molar-refractivity contribution in [2.75, 3.05) is 7.11 Å². The lowest BCUT2D eigenvalue weighted by Crippen LogP contribution is -2.36. The van der Waals surface area contributed by atoms with Gasteiger partial charge in [0.1, 0.15) is 11.4 Å². The predicted molar refractivity (Wildman–Crippen MR) is 93.2 cm³/mol. The summed E-state index contributed by atoms with van der Waals surface area (Å²) in [7, 11) is 1.66. The molecule has 0 bridgehead atoms. The fourth-order valence-electron chi connectivity index (χ4n) is 4.30. The Morgan fingerprint density at radius 2 is 2.17 bits per heavy atom. The van der Waals surface area contributed by atoms with Crippen molar-refractivity contribution in [1.29, 1.82) is 0 Å². The van der Waals surface area contributed by atoms with Crippen LogP contribution in [0.1, 0.15) is 50.7 Å². The van der Waals surface area contributed by atoms with Crippen LogP contribution in [0.5, 0.6) is 5.75 Å². The molecule has 0 unspecified atom stereocenters. The van der Waals surface area contributed by atoms with Crippen LogP contribution in [0.2, 0.25) is 0 Å². The Bertz CT molecular complexity index is 678. The summed E-state index contributed by atoms with van der Waals surface area (Å²) in [6.45, 7) is 4.49. The smallest absolute Gasteiger partial charge is 0.119 e. The van der Waals surface area contributed by atoms with Crippen LogP contribution < -0.4 is 4.74 Å². The van der Waals surface area contributed by atoms with Gasteiger partial charge in [0, 0.05) is 12.3 Å². The van der Waals surface area contributed by atoms with Crippen molar-refractivity contribution in [1.82, 2.24) is 0 Å². The zero-order chi connectivity index (χ0) is 16.7. The van der Waals surface area contributed by atoms with E-state index in [4.69, 9.17) is 11.2 Å². The summed E-state index contributed by atoms with van der Waals surface area (Å²) < 4.78 is 5.39. The summed E-state index contributed by atoms with van der Waals surface area (Å²) in [5, 5.41) is 11.8. The molecular formula is C21H26O2. The molecule has 0 saturated carbocycles. The fraction of sp³-hybridized carbons (Fsp3) is 0.524. The average molecular weight is 310 g/mol. The van der Waals surface area contributed by atoms with E-state index in [1.54, 1.807) is 7.11 Å². The number of ether oxygens (including phenoxy) is 1. The van der Waals surface area contributed by atoms with E-state index in [0.29, 0.717) is 6.42 Å². The third-order valence-electron chi connectivity index (χ3n) is 5.47. The van der Waals surface area contributed by atoms with Crippen LogP contribution in [-0.4, -0.2) is 12.2 Å². The molecule has 1 aromatic rings. The molecule has 3 rings (SSSR count). The molecule has 2 aliphatic rings. The fourth-order valence-corrected chi connectivity index (χ4v) is 4.30. The highest BCUT2D eigenvalue weighted by molar-refractivity contribution is 5.49. The zero-order valence-corrected chi connectivity index (χ0v) is 14.4. The molecule has 2 atom stereocenters. The van der Waals surface area contributed by atoms with E-state index in [0.717, 1.165) is 42.6 Å². The largest absolute Gasteiger partial charge is 0.497 e. The number of allylic oxidation sites excluding steroid dienone is 1. The molecule has 1 N–H and O–H groups in total. The minimum atomic E-state index is -0.950. The van der Waals surface area contributed by atoms with Crippen molar-refractivity contribution in [2.45, 2.75) is 51.6 Å². The van der Waals surface area contributed by atoms with Crippen LogP contribution in [0.25, 0.3) is 0 Å². The number of terminal acetylenes is 1. The lowest BCUT2D eigenvalue weighted by molar-refractivity contribution is 0.0207. The number of hydrogen-bond donors (Lipinski definition) is 1. The van der Waals surface area contributed by atoms with E-state index in [2.05, 4.69) is 31.9 Å². The lowest BCUT2D eigenvalue weighted by Gasteiger charge is -2.38. The van der Waals surface area contributed by atoms with Crippen molar-refractivity contribution in [3.63, 3.8) is 0 Å². The number of fused-ring (bicyclic) bond motifs is 1. The number of aliphatic hydroxyl groups is 1. The topological polar surface area (TPSA) is 29.5 Å². The molecule has 23 heavy (non-hydrogen) atoms. The summed E-state index contributed by atoms with van der Waals surface area (Å²) in [6.07, 6.45) is 12.5. The van der Waals surface area contributed by atoms with Crippen molar-refractivity contribution in [2.24, 2.45) is 11.3 Å². The Balaban J connectivity index is 2.14. The van der Waals surface area contributed by atoms with E-state index >= 15 is 0 Å². The van der Waals surface area contributed by atoms with Gasteiger partial charge in [-0.25, -0.2) is 0 Å². The molecule has 122 valence electrons. The first-order chi connectivity index (χ1) is 10.9. The number of benzene rings is 1. The molecular weight excluding hydrogens is 284 g/mol. The second-order valence-electron chi connectivity index (χ2n) is 7.61. The molecule has 0 amide bonds. The molecule has 2 nitrogen and oxygen atoms in total. The summed E-state index contributed by atoms with van der Waals surface area (Å²) >= 11 is 0. The van der Waals surface area contributed by atoms with Gasteiger partial charge >= 0.3 is 0 Å². The first-order valence-corrected chi connectivity index (χ1v) is 8.46. The van der Waals surface area contributed by atoms with Gasteiger partial charge in [-0.05, 0) is 59.9 Å². The first kappa shape index (κ1) is 16.1. The first-order valence-electron chi connectivity index (χ1n) is 8.46. The van der Waals surface area contributed by atoms with E-state index in [1.165, 1.54) is 5.56 Å². The van der Waals surface area contributed by atoms with E-state index in [9.17, 15) is 5.11 Å². The maximum absolute atomic E-state index is 11.8. The monoisotopic (exact) mass is 310 g/mol. The van der Waals surface area contributed by atoms with E-state index < -0.39 is 5.60 Å². The van der Waals surface area contributed by atoms with Gasteiger partial charge in [0.15, 0.2) is 0 Å². The predicted octanol–water partition coefficient (Wildman–Crippen LogP) is 4.21. The van der Waals surface area contributed by atoms with Crippen molar-refractivity contribution in [3.8, 4) is 18.1 Å². The van der Waals surface area contributed by atoms with Gasteiger partial charge in [0.2, 0.25) is 0 Å². The molecule has 0 radical (unpaired) electrons. The summed E-state index contributed by atoms with van der Waals surface area (Å²) in [5.74, 6) is 3.61. The molecule has 1 aromatic carbocycles. The minimum absolute atomic E-state index is 0.0507. The highest BCUT2D eigenvalue weighted by Crippen LogP contribution is 2.52. The van der Waals surface area contributed by atoms with Crippen LogP contribution in [0.15, 0.2) is 29.8 Å². The Morgan fingerprint density at radius 1 is 1.39 bits per heavy atom. The minimum Gasteiger partial charge on any atom is -0.497 e. The number of rotatable bonds is 3. The van der Waals surface area contributed by atoms with E-state index in [-0.39, 0.29) is 11.3 Å². The second-order valence-corrected chi connectivity index (χ2v) is 7.61. The standard InChI is InChI=1S/C21H26O2/c1-5-7-16-12-15-9-10-18(23-4)13-19(15)21(16,22)17-8-6-11-20(2,3)14-17/h1,9-10,13-14,16,22H,6-8,11-12H2,2-4H3/t16-,21+/m1/s1. The third kappa shape index (κ3) is 2.68. The van der Waals surface area contributed by atoms with E-state index in [1.807, 2.05) is 12.1 Å². The Hall–Kier alpha value is -1.72. The van der Waals surface area contributed by atoms with Crippen LogP contribution in [-0.2, 0) is 12.0 Å². The highest BCUT2D eigenvalue weighted by Gasteiger charge is 2.48. The van der Waals surface area contributed by atoms with Gasteiger partial charge in [0.05, 0.1) is 7.11 Å².